The topological polar surface area (TPSA) is 31.5 Å². The van der Waals surface area contributed by atoms with Gasteiger partial charge < -0.3 is 5.48 Å². The normalized spacial score (nSPS) is 6.31. The summed E-state index contributed by atoms with van der Waals surface area (Å²) >= 11 is 0. The van der Waals surface area contributed by atoms with Crippen LogP contribution in [0, 0.1) is 0 Å². The third kappa shape index (κ3) is 35.6. The minimum absolute atomic E-state index is 0. The highest BCUT2D eigenvalue weighted by atomic mass is 16.0. The van der Waals surface area contributed by atoms with Crippen molar-refractivity contribution in [1.82, 2.24) is 0 Å². The Labute approximate surface area is 82.5 Å². The van der Waals surface area contributed by atoms with E-state index in [-0.39, 0.29) is 5.48 Å². The average Bonchev–Trinajstić information content (AvgIpc) is 2.12. The molecule has 0 aliphatic rings. The van der Waals surface area contributed by atoms with E-state index in [4.69, 9.17) is 0 Å². The van der Waals surface area contributed by atoms with Gasteiger partial charge in [-0.2, -0.15) is 0 Å². The van der Waals surface area contributed by atoms with Crippen LogP contribution in [0.5, 0.6) is 0 Å². The fourth-order valence-corrected chi connectivity index (χ4v) is 0.493. The van der Waals surface area contributed by atoms with Crippen molar-refractivity contribution < 1.29 is 5.48 Å². The van der Waals surface area contributed by atoms with Crippen LogP contribution < -0.4 is 0 Å². The molecule has 0 rings (SSSR count). The van der Waals surface area contributed by atoms with E-state index in [1.165, 1.54) is 12.8 Å². The molecule has 76 valence electrons. The van der Waals surface area contributed by atoms with Gasteiger partial charge in [0.25, 0.3) is 0 Å². The maximum absolute atomic E-state index is 3.42. The van der Waals surface area contributed by atoms with E-state index in [0.29, 0.717) is 0 Å². The molecular formula is C12H22O. The molecule has 2 N–H and O–H groups in total. The fourth-order valence-electron chi connectivity index (χ4n) is 0.493. The molecule has 0 radical (unpaired) electrons. The smallest absolute Gasteiger partial charge is 0.0277 e. The summed E-state index contributed by atoms with van der Waals surface area (Å²) in [6, 6.07) is 0. The Kier molecular flexibility index (Phi) is 31.0. The molecule has 0 heterocycles. The van der Waals surface area contributed by atoms with Gasteiger partial charge in [0.15, 0.2) is 0 Å². The summed E-state index contributed by atoms with van der Waals surface area (Å²) in [6.45, 7) is 11.1. The lowest BCUT2D eigenvalue weighted by Crippen LogP contribution is -1.53. The van der Waals surface area contributed by atoms with Gasteiger partial charge in [0.2, 0.25) is 0 Å². The largest absolute Gasteiger partial charge is 0.412 e. The van der Waals surface area contributed by atoms with Crippen molar-refractivity contribution in [2.24, 2.45) is 0 Å². The van der Waals surface area contributed by atoms with Gasteiger partial charge in [-0.25, -0.2) is 0 Å². The molecule has 0 aliphatic heterocycles. The molecule has 0 saturated carbocycles. The summed E-state index contributed by atoms with van der Waals surface area (Å²) in [4.78, 5) is 0. The molecule has 0 unspecified atom stereocenters. The highest BCUT2D eigenvalue weighted by Gasteiger charge is 1.64. The van der Waals surface area contributed by atoms with Crippen LogP contribution in [-0.2, 0) is 0 Å². The zero-order valence-electron chi connectivity index (χ0n) is 8.90. The SMILES string of the molecule is C=C=CCCC.C=C=CCCC.O. The predicted octanol–water partition coefficient (Wildman–Crippen LogP) is 3.43. The zero-order chi connectivity index (χ0) is 9.66. The van der Waals surface area contributed by atoms with Crippen molar-refractivity contribution in [3.8, 4) is 0 Å². The number of hydrogen-bond donors (Lipinski definition) is 0. The van der Waals surface area contributed by atoms with Gasteiger partial charge in [0.05, 0.1) is 0 Å². The Morgan fingerprint density at radius 2 is 1.23 bits per heavy atom. The minimum Gasteiger partial charge on any atom is -0.412 e. The molecule has 1 heteroatoms. The van der Waals surface area contributed by atoms with E-state index in [9.17, 15) is 0 Å². The van der Waals surface area contributed by atoms with Gasteiger partial charge in [-0.1, -0.05) is 39.8 Å². The third-order valence-electron chi connectivity index (χ3n) is 1.15. The Morgan fingerprint density at radius 3 is 1.31 bits per heavy atom. The maximum atomic E-state index is 3.42. The summed E-state index contributed by atoms with van der Waals surface area (Å²) in [5.74, 6) is 0. The Hall–Kier alpha value is -1.00. The van der Waals surface area contributed by atoms with Gasteiger partial charge in [0, 0.05) is 0 Å². The predicted molar refractivity (Wildman–Crippen MR) is 60.8 cm³/mol. The number of rotatable bonds is 4. The van der Waals surface area contributed by atoms with Crippen LogP contribution in [0.4, 0.5) is 0 Å². The molecule has 0 aromatic heterocycles. The zero-order valence-corrected chi connectivity index (χ0v) is 8.90. The minimum atomic E-state index is 0. The highest BCUT2D eigenvalue weighted by Crippen LogP contribution is 1.83. The molecule has 0 amide bonds. The van der Waals surface area contributed by atoms with Gasteiger partial charge in [-0.05, 0) is 25.0 Å². The molecular weight excluding hydrogens is 160 g/mol. The molecule has 0 aromatic rings. The lowest BCUT2D eigenvalue weighted by atomic mass is 10.3. The average molecular weight is 182 g/mol. The maximum Gasteiger partial charge on any atom is -0.0277 e. The second-order valence-electron chi connectivity index (χ2n) is 2.39. The van der Waals surface area contributed by atoms with Crippen molar-refractivity contribution in [3.63, 3.8) is 0 Å². The molecule has 0 fully saturated rings. The summed E-state index contributed by atoms with van der Waals surface area (Å²) in [6.07, 6.45) is 8.51. The Bertz CT molecular complexity index is 138. The lowest BCUT2D eigenvalue weighted by Gasteiger charge is -1.73. The first kappa shape index (κ1) is 17.9. The van der Waals surface area contributed by atoms with E-state index in [2.05, 4.69) is 38.5 Å². The van der Waals surface area contributed by atoms with Crippen LogP contribution in [0.15, 0.2) is 36.8 Å². The van der Waals surface area contributed by atoms with Crippen LogP contribution >= 0.6 is 0 Å². The summed E-state index contributed by atoms with van der Waals surface area (Å²) in [5, 5.41) is 0. The molecule has 1 nitrogen and oxygen atoms in total. The molecule has 0 aromatic carbocycles. The lowest BCUT2D eigenvalue weighted by molar-refractivity contribution is 0.824. The number of allylic oxidation sites excluding steroid dienone is 2. The van der Waals surface area contributed by atoms with E-state index in [1.807, 2.05) is 12.2 Å². The second kappa shape index (κ2) is 22.4. The monoisotopic (exact) mass is 182 g/mol. The first-order chi connectivity index (χ1) is 5.83. The summed E-state index contributed by atoms with van der Waals surface area (Å²) in [5.41, 5.74) is 5.39. The Balaban J connectivity index is -0.000000143. The van der Waals surface area contributed by atoms with Gasteiger partial charge in [0.1, 0.15) is 0 Å². The summed E-state index contributed by atoms with van der Waals surface area (Å²) in [7, 11) is 0. The van der Waals surface area contributed by atoms with Crippen molar-refractivity contribution in [3.05, 3.63) is 36.8 Å². The molecule has 0 atom stereocenters. The van der Waals surface area contributed by atoms with Crippen LogP contribution in [-0.4, -0.2) is 5.48 Å². The quantitative estimate of drug-likeness (QED) is 0.597. The van der Waals surface area contributed by atoms with Gasteiger partial charge >= 0.3 is 0 Å². The standard InChI is InChI=1S/2C6H10.H2O/c2*1-3-5-6-4-2;/h2*5H,1,4,6H2,2H3;1H2. The van der Waals surface area contributed by atoms with Gasteiger partial charge in [-0.15, -0.1) is 11.5 Å². The number of hydrogen-bond acceptors (Lipinski definition) is 0. The van der Waals surface area contributed by atoms with Crippen molar-refractivity contribution in [1.29, 1.82) is 0 Å². The van der Waals surface area contributed by atoms with E-state index >= 15 is 0 Å². The second-order valence-corrected chi connectivity index (χ2v) is 2.39. The molecule has 0 aliphatic carbocycles. The number of unbranched alkanes of at least 4 members (excludes halogenated alkanes) is 2. The molecule has 0 saturated heterocycles. The molecule has 0 spiro atoms. The van der Waals surface area contributed by atoms with Crippen molar-refractivity contribution in [2.75, 3.05) is 0 Å². The van der Waals surface area contributed by atoms with Crippen LogP contribution in [0.25, 0.3) is 0 Å². The van der Waals surface area contributed by atoms with E-state index in [0.717, 1.165) is 12.8 Å². The highest BCUT2D eigenvalue weighted by molar-refractivity contribution is 4.74. The fraction of sp³-hybridized carbons (Fsp3) is 0.500. The Morgan fingerprint density at radius 1 is 0.923 bits per heavy atom. The van der Waals surface area contributed by atoms with Gasteiger partial charge in [-0.3, -0.25) is 0 Å². The first-order valence-electron chi connectivity index (χ1n) is 4.52. The third-order valence-corrected chi connectivity index (χ3v) is 1.15. The van der Waals surface area contributed by atoms with Crippen LogP contribution in [0.2, 0.25) is 0 Å². The van der Waals surface area contributed by atoms with Crippen molar-refractivity contribution >= 4 is 0 Å². The molecule has 13 heavy (non-hydrogen) atoms. The molecule has 0 bridgehead atoms. The van der Waals surface area contributed by atoms with Crippen molar-refractivity contribution in [2.45, 2.75) is 39.5 Å². The van der Waals surface area contributed by atoms with Crippen LogP contribution in [0.1, 0.15) is 39.5 Å². The summed E-state index contributed by atoms with van der Waals surface area (Å²) < 4.78 is 0. The van der Waals surface area contributed by atoms with E-state index < -0.39 is 0 Å². The van der Waals surface area contributed by atoms with E-state index in [1.54, 1.807) is 0 Å². The first-order valence-corrected chi connectivity index (χ1v) is 4.52. The van der Waals surface area contributed by atoms with Crippen LogP contribution in [0.3, 0.4) is 0 Å².